The molecule has 0 radical (unpaired) electrons. The summed E-state index contributed by atoms with van der Waals surface area (Å²) in [5.74, 6) is -1.29. The standard InChI is InChI=1S/C42H57ClF3N7O6/c1-3-4-5-8-23-58-39(55)35-27-51(30-12-16-49(2)17-13-30)21-22-53(35)38(54)36(26-28-24-32(42(44,45)46)37(47)33(43)25-28)59-41(57)50-18-14-31(15-19-50)52-20-11-29-9-6-7-10-34(29)48-40(52)56/h6-7,9-10,24-25,30-31,35-36H,3-5,8,11-23,26-27,47H2,1-2H3,(H,48,56)/t35-,36+/m0/s1. The van der Waals surface area contributed by atoms with Crippen LogP contribution in [-0.4, -0.2) is 139 Å². The second kappa shape index (κ2) is 19.9. The Kier molecular flexibility index (Phi) is 14.9. The molecular formula is C42H57ClF3N7O6. The zero-order valence-electron chi connectivity index (χ0n) is 34.0. The zero-order chi connectivity index (χ0) is 42.3. The van der Waals surface area contributed by atoms with Crippen LogP contribution < -0.4 is 11.1 Å². The first-order chi connectivity index (χ1) is 28.2. The van der Waals surface area contributed by atoms with Crippen LogP contribution in [0.15, 0.2) is 36.4 Å². The molecule has 17 heteroatoms. The fourth-order valence-corrected chi connectivity index (χ4v) is 8.90. The average molecular weight is 848 g/mol. The van der Waals surface area contributed by atoms with Gasteiger partial charge in [0.2, 0.25) is 0 Å². The summed E-state index contributed by atoms with van der Waals surface area (Å²) in [7, 11) is 2.06. The Labute approximate surface area is 349 Å². The summed E-state index contributed by atoms with van der Waals surface area (Å²) in [6, 6.07) is 8.49. The normalized spacial score (nSPS) is 20.7. The Morgan fingerprint density at radius 2 is 1.66 bits per heavy atom. The van der Waals surface area contributed by atoms with E-state index in [0.717, 1.165) is 62.5 Å². The average Bonchev–Trinajstić information content (AvgIpc) is 3.39. The van der Waals surface area contributed by atoms with Gasteiger partial charge in [0, 0.05) is 63.5 Å². The molecule has 0 saturated carbocycles. The summed E-state index contributed by atoms with van der Waals surface area (Å²) in [5.41, 5.74) is 5.69. The minimum absolute atomic E-state index is 0.0189. The van der Waals surface area contributed by atoms with Crippen molar-refractivity contribution in [2.75, 3.05) is 77.1 Å². The van der Waals surface area contributed by atoms with Crippen molar-refractivity contribution in [2.24, 2.45) is 0 Å². The summed E-state index contributed by atoms with van der Waals surface area (Å²) >= 11 is 6.19. The monoisotopic (exact) mass is 847 g/mol. The number of ether oxygens (including phenoxy) is 2. The Bertz CT molecular complexity index is 1800. The minimum Gasteiger partial charge on any atom is -0.464 e. The summed E-state index contributed by atoms with van der Waals surface area (Å²) in [5, 5.41) is 2.63. The van der Waals surface area contributed by atoms with Crippen molar-refractivity contribution in [3.63, 3.8) is 0 Å². The van der Waals surface area contributed by atoms with Gasteiger partial charge in [0.05, 0.1) is 22.9 Å². The van der Waals surface area contributed by atoms with Crippen molar-refractivity contribution >= 4 is 47.0 Å². The third-order valence-electron chi connectivity index (χ3n) is 12.2. The van der Waals surface area contributed by atoms with Gasteiger partial charge < -0.3 is 40.1 Å². The number of nitrogen functional groups attached to an aromatic ring is 1. The molecule has 59 heavy (non-hydrogen) atoms. The molecule has 0 unspecified atom stereocenters. The molecular weight excluding hydrogens is 791 g/mol. The number of halogens is 4. The number of alkyl halides is 3. The van der Waals surface area contributed by atoms with Gasteiger partial charge in [-0.1, -0.05) is 56.0 Å². The van der Waals surface area contributed by atoms with Gasteiger partial charge in [-0.15, -0.1) is 0 Å². The van der Waals surface area contributed by atoms with Crippen LogP contribution in [-0.2, 0) is 38.1 Å². The minimum atomic E-state index is -4.84. The molecule has 4 heterocycles. The number of carbonyl (C=O) groups excluding carboxylic acids is 4. The second-order valence-electron chi connectivity index (χ2n) is 16.2. The van der Waals surface area contributed by atoms with E-state index in [-0.39, 0.29) is 61.5 Å². The van der Waals surface area contributed by atoms with Crippen LogP contribution in [0.3, 0.4) is 0 Å². The maximum Gasteiger partial charge on any atom is 0.418 e. The van der Waals surface area contributed by atoms with Crippen molar-refractivity contribution in [3.8, 4) is 0 Å². The molecule has 2 aromatic carbocycles. The van der Waals surface area contributed by atoms with Gasteiger partial charge >= 0.3 is 24.3 Å². The number of hydrogen-bond acceptors (Lipinski definition) is 9. The summed E-state index contributed by atoms with van der Waals surface area (Å²) in [6.45, 7) is 5.80. The lowest BCUT2D eigenvalue weighted by Gasteiger charge is -2.45. The van der Waals surface area contributed by atoms with Crippen molar-refractivity contribution in [1.29, 1.82) is 0 Å². The lowest BCUT2D eigenvalue weighted by molar-refractivity contribution is -0.163. The number of unbranched alkanes of at least 4 members (excludes halogenated alkanes) is 3. The smallest absolute Gasteiger partial charge is 0.418 e. The largest absolute Gasteiger partial charge is 0.464 e. The highest BCUT2D eigenvalue weighted by Gasteiger charge is 2.43. The highest BCUT2D eigenvalue weighted by molar-refractivity contribution is 6.33. The number of benzene rings is 2. The molecule has 3 fully saturated rings. The van der Waals surface area contributed by atoms with Crippen LogP contribution in [0.4, 0.5) is 34.1 Å². The van der Waals surface area contributed by atoms with E-state index in [1.807, 2.05) is 24.3 Å². The molecule has 4 amide bonds. The van der Waals surface area contributed by atoms with Crippen LogP contribution in [0.25, 0.3) is 0 Å². The fraction of sp³-hybridized carbons (Fsp3) is 0.619. The maximum absolute atomic E-state index is 14.7. The van der Waals surface area contributed by atoms with Gasteiger partial charge in [0.25, 0.3) is 5.91 Å². The quantitative estimate of drug-likeness (QED) is 0.144. The number of nitrogens with zero attached hydrogens (tertiary/aromatic N) is 5. The van der Waals surface area contributed by atoms with Crippen molar-refractivity contribution in [1.82, 2.24) is 24.5 Å². The van der Waals surface area contributed by atoms with Crippen LogP contribution in [0.5, 0.6) is 0 Å². The van der Waals surface area contributed by atoms with Gasteiger partial charge in [0.1, 0.15) is 6.04 Å². The number of urea groups is 1. The molecule has 2 atom stereocenters. The predicted molar refractivity (Wildman–Crippen MR) is 218 cm³/mol. The third kappa shape index (κ3) is 11.1. The summed E-state index contributed by atoms with van der Waals surface area (Å²) in [4.78, 5) is 64.7. The van der Waals surface area contributed by atoms with E-state index in [0.29, 0.717) is 38.8 Å². The number of amides is 4. The Hall–Kier alpha value is -4.28. The number of piperazine rings is 1. The van der Waals surface area contributed by atoms with Crippen molar-refractivity contribution < 1.29 is 41.8 Å². The van der Waals surface area contributed by atoms with Gasteiger partial charge in [-0.25, -0.2) is 14.4 Å². The van der Waals surface area contributed by atoms with Crippen LogP contribution in [0, 0.1) is 0 Å². The zero-order valence-corrected chi connectivity index (χ0v) is 34.7. The van der Waals surface area contributed by atoms with Gasteiger partial charge in [-0.05, 0) is 88.0 Å². The first-order valence-corrected chi connectivity index (χ1v) is 21.3. The lowest BCUT2D eigenvalue weighted by atomic mass is 9.99. The first kappa shape index (κ1) is 44.3. The Morgan fingerprint density at radius 1 is 0.949 bits per heavy atom. The maximum atomic E-state index is 14.7. The van der Waals surface area contributed by atoms with E-state index < -0.39 is 54.0 Å². The molecule has 4 aliphatic heterocycles. The molecule has 2 aromatic rings. The molecule has 4 aliphatic rings. The molecule has 0 aliphatic carbocycles. The number of nitrogens with one attached hydrogen (secondary N) is 1. The van der Waals surface area contributed by atoms with Crippen molar-refractivity contribution in [2.45, 2.75) is 102 Å². The molecule has 0 aromatic heterocycles. The first-order valence-electron chi connectivity index (χ1n) is 20.9. The predicted octanol–water partition coefficient (Wildman–Crippen LogP) is 6.27. The number of carbonyl (C=O) groups is 4. The number of nitrogens with two attached hydrogens (primary N) is 1. The van der Waals surface area contributed by atoms with Crippen LogP contribution in [0.2, 0.25) is 5.02 Å². The number of hydrogen-bond donors (Lipinski definition) is 2. The number of rotatable bonds is 12. The summed E-state index contributed by atoms with van der Waals surface area (Å²) in [6.07, 6.45) is -0.792. The molecule has 13 nitrogen and oxygen atoms in total. The number of anilines is 2. The van der Waals surface area contributed by atoms with Crippen LogP contribution in [0.1, 0.15) is 75.0 Å². The van der Waals surface area contributed by atoms with E-state index in [2.05, 4.69) is 29.1 Å². The molecule has 3 saturated heterocycles. The molecule has 324 valence electrons. The number of piperidine rings is 2. The fourth-order valence-electron chi connectivity index (χ4n) is 8.66. The third-order valence-corrected chi connectivity index (χ3v) is 12.5. The Morgan fingerprint density at radius 3 is 2.37 bits per heavy atom. The number of likely N-dealkylation sites (tertiary alicyclic amines) is 2. The lowest BCUT2D eigenvalue weighted by Crippen LogP contribution is -2.63. The topological polar surface area (TPSA) is 141 Å². The number of para-hydroxylation sites is 1. The highest BCUT2D eigenvalue weighted by atomic mass is 35.5. The van der Waals surface area contributed by atoms with E-state index >= 15 is 0 Å². The second-order valence-corrected chi connectivity index (χ2v) is 16.6. The SMILES string of the molecule is CCCCCCOC(=O)[C@@H]1CN(C2CCN(C)CC2)CCN1C(=O)[C@@H](Cc1cc(Cl)c(N)c(C(F)(F)F)c1)OC(=O)N1CCC(N2CCc3ccccc3NC2=O)CC1. The van der Waals surface area contributed by atoms with E-state index in [1.54, 1.807) is 4.90 Å². The van der Waals surface area contributed by atoms with Crippen molar-refractivity contribution in [3.05, 3.63) is 58.1 Å². The Balaban J connectivity index is 1.20. The van der Waals surface area contributed by atoms with E-state index in [9.17, 15) is 32.3 Å². The summed E-state index contributed by atoms with van der Waals surface area (Å²) < 4.78 is 53.9. The highest BCUT2D eigenvalue weighted by Crippen LogP contribution is 2.38. The van der Waals surface area contributed by atoms with Crippen LogP contribution >= 0.6 is 11.6 Å². The molecule has 6 rings (SSSR count). The number of esters is 1. The van der Waals surface area contributed by atoms with Gasteiger partial charge in [-0.2, -0.15) is 13.2 Å². The van der Waals surface area contributed by atoms with Gasteiger partial charge in [0.15, 0.2) is 6.10 Å². The molecule has 3 N–H and O–H groups in total. The molecule has 0 bridgehead atoms. The van der Waals surface area contributed by atoms with Gasteiger partial charge in [-0.3, -0.25) is 9.69 Å². The number of fused-ring (bicyclic) bond motifs is 1. The van der Waals surface area contributed by atoms with E-state index in [1.165, 1.54) is 15.9 Å². The molecule has 0 spiro atoms. The van der Waals surface area contributed by atoms with E-state index in [4.69, 9.17) is 26.8 Å².